The van der Waals surface area contributed by atoms with Gasteiger partial charge < -0.3 is 19.7 Å². The third kappa shape index (κ3) is 2.81. The number of oxazole rings is 1. The summed E-state index contributed by atoms with van der Waals surface area (Å²) in [7, 11) is 0. The van der Waals surface area contributed by atoms with Crippen molar-refractivity contribution in [1.29, 1.82) is 0 Å². The quantitative estimate of drug-likeness (QED) is 0.832. The van der Waals surface area contributed by atoms with E-state index in [0.29, 0.717) is 24.1 Å². The van der Waals surface area contributed by atoms with Gasteiger partial charge >= 0.3 is 5.97 Å². The lowest BCUT2D eigenvalue weighted by Crippen LogP contribution is -2.43. The number of rotatable bonds is 4. The van der Waals surface area contributed by atoms with Crippen molar-refractivity contribution < 1.29 is 14.3 Å². The normalized spacial score (nSPS) is 16.3. The first kappa shape index (κ1) is 12.9. The number of hydrogen-bond acceptors (Lipinski definition) is 5. The monoisotopic (exact) mass is 253 g/mol. The SMILES string of the molecule is CC(C)Cc1nc(C(=O)O)c(N2CCNCC2)o1. The molecule has 2 rings (SSSR count). The van der Waals surface area contributed by atoms with Crippen molar-refractivity contribution in [3.63, 3.8) is 0 Å². The second-order valence-electron chi connectivity index (χ2n) is 4.90. The van der Waals surface area contributed by atoms with Crippen LogP contribution in [0.15, 0.2) is 4.42 Å². The van der Waals surface area contributed by atoms with Gasteiger partial charge in [-0.25, -0.2) is 9.78 Å². The number of nitrogens with zero attached hydrogens (tertiary/aromatic N) is 2. The molecule has 2 heterocycles. The van der Waals surface area contributed by atoms with Crippen molar-refractivity contribution >= 4 is 11.9 Å². The molecule has 6 nitrogen and oxygen atoms in total. The van der Waals surface area contributed by atoms with Gasteiger partial charge in [0, 0.05) is 32.6 Å². The van der Waals surface area contributed by atoms with Crippen LogP contribution in [0.5, 0.6) is 0 Å². The van der Waals surface area contributed by atoms with E-state index in [-0.39, 0.29) is 5.69 Å². The fourth-order valence-electron chi connectivity index (χ4n) is 2.01. The van der Waals surface area contributed by atoms with E-state index in [9.17, 15) is 9.90 Å². The predicted octanol–water partition coefficient (Wildman–Crippen LogP) is 0.981. The molecule has 0 unspecified atom stereocenters. The van der Waals surface area contributed by atoms with Crippen molar-refractivity contribution in [3.8, 4) is 0 Å². The van der Waals surface area contributed by atoms with Gasteiger partial charge in [-0.15, -0.1) is 0 Å². The minimum atomic E-state index is -1.03. The highest BCUT2D eigenvalue weighted by Crippen LogP contribution is 2.24. The van der Waals surface area contributed by atoms with Gasteiger partial charge in [-0.3, -0.25) is 0 Å². The molecule has 0 atom stereocenters. The Bertz CT molecular complexity index is 422. The van der Waals surface area contributed by atoms with Crippen LogP contribution in [0.2, 0.25) is 0 Å². The summed E-state index contributed by atoms with van der Waals surface area (Å²) in [5, 5.41) is 12.4. The standard InChI is InChI=1S/C12H19N3O3/c1-8(2)7-9-14-10(12(16)17)11(18-9)15-5-3-13-4-6-15/h8,13H,3-7H2,1-2H3,(H,16,17). The van der Waals surface area contributed by atoms with Crippen LogP contribution in [0, 0.1) is 5.92 Å². The zero-order chi connectivity index (χ0) is 13.1. The summed E-state index contributed by atoms with van der Waals surface area (Å²) in [6.45, 7) is 7.26. The van der Waals surface area contributed by atoms with Crippen LogP contribution in [0.1, 0.15) is 30.2 Å². The zero-order valence-electron chi connectivity index (χ0n) is 10.8. The molecule has 1 aromatic heterocycles. The summed E-state index contributed by atoms with van der Waals surface area (Å²) in [4.78, 5) is 17.2. The molecule has 100 valence electrons. The third-order valence-electron chi connectivity index (χ3n) is 2.84. The van der Waals surface area contributed by atoms with E-state index in [1.54, 1.807) is 0 Å². The summed E-state index contributed by atoms with van der Waals surface area (Å²) in [6, 6.07) is 0. The van der Waals surface area contributed by atoms with E-state index >= 15 is 0 Å². The van der Waals surface area contributed by atoms with Crippen LogP contribution >= 0.6 is 0 Å². The van der Waals surface area contributed by atoms with Crippen molar-refractivity contribution in [2.75, 3.05) is 31.1 Å². The van der Waals surface area contributed by atoms with E-state index in [4.69, 9.17) is 4.42 Å². The average molecular weight is 253 g/mol. The Balaban J connectivity index is 2.25. The fraction of sp³-hybridized carbons (Fsp3) is 0.667. The number of carbonyl (C=O) groups is 1. The largest absolute Gasteiger partial charge is 0.476 e. The number of hydrogen-bond donors (Lipinski definition) is 2. The van der Waals surface area contributed by atoms with Gasteiger partial charge in [0.2, 0.25) is 11.6 Å². The van der Waals surface area contributed by atoms with Gasteiger partial charge in [0.15, 0.2) is 5.89 Å². The molecule has 0 spiro atoms. The summed E-state index contributed by atoms with van der Waals surface area (Å²) in [5.74, 6) is 0.277. The second-order valence-corrected chi connectivity index (χ2v) is 4.90. The Hall–Kier alpha value is -1.56. The van der Waals surface area contributed by atoms with Gasteiger partial charge in [0.25, 0.3) is 0 Å². The van der Waals surface area contributed by atoms with Gasteiger partial charge in [-0.1, -0.05) is 13.8 Å². The molecule has 1 aliphatic rings. The number of anilines is 1. The molecule has 0 saturated carbocycles. The molecule has 0 aromatic carbocycles. The third-order valence-corrected chi connectivity index (χ3v) is 2.84. The smallest absolute Gasteiger partial charge is 0.360 e. The molecule has 1 saturated heterocycles. The van der Waals surface area contributed by atoms with Crippen molar-refractivity contribution in [2.24, 2.45) is 5.92 Å². The second kappa shape index (κ2) is 5.39. The molecule has 1 fully saturated rings. The first-order chi connectivity index (χ1) is 8.58. The van der Waals surface area contributed by atoms with Gasteiger partial charge in [0.1, 0.15) is 0 Å². The van der Waals surface area contributed by atoms with Crippen LogP contribution in [-0.2, 0) is 6.42 Å². The van der Waals surface area contributed by atoms with Crippen molar-refractivity contribution in [2.45, 2.75) is 20.3 Å². The molecule has 0 bridgehead atoms. The number of aromatic carboxylic acids is 1. The van der Waals surface area contributed by atoms with Crippen molar-refractivity contribution in [3.05, 3.63) is 11.6 Å². The summed E-state index contributed by atoms with van der Waals surface area (Å²) in [5.41, 5.74) is 0.0348. The average Bonchev–Trinajstić information content (AvgIpc) is 2.73. The highest BCUT2D eigenvalue weighted by atomic mass is 16.4. The molecule has 1 aliphatic heterocycles. The molecule has 0 radical (unpaired) electrons. The summed E-state index contributed by atoms with van der Waals surface area (Å²) in [6.07, 6.45) is 0.659. The topological polar surface area (TPSA) is 78.6 Å². The van der Waals surface area contributed by atoms with Crippen molar-refractivity contribution in [1.82, 2.24) is 10.3 Å². The van der Waals surface area contributed by atoms with E-state index in [1.165, 1.54) is 0 Å². The molecular weight excluding hydrogens is 234 g/mol. The Kier molecular flexibility index (Phi) is 3.86. The number of aromatic nitrogens is 1. The van der Waals surface area contributed by atoms with Crippen LogP contribution < -0.4 is 10.2 Å². The molecule has 18 heavy (non-hydrogen) atoms. The molecule has 6 heteroatoms. The molecule has 0 aliphatic carbocycles. The molecule has 1 aromatic rings. The van der Waals surface area contributed by atoms with Gasteiger partial charge in [-0.05, 0) is 5.92 Å². The predicted molar refractivity (Wildman–Crippen MR) is 67.1 cm³/mol. The zero-order valence-corrected chi connectivity index (χ0v) is 10.8. The molecular formula is C12H19N3O3. The maximum atomic E-state index is 11.2. The minimum absolute atomic E-state index is 0.0348. The maximum Gasteiger partial charge on any atom is 0.360 e. The Morgan fingerprint density at radius 2 is 2.17 bits per heavy atom. The van der Waals surface area contributed by atoms with E-state index < -0.39 is 5.97 Å². The number of piperazine rings is 1. The Morgan fingerprint density at radius 3 is 2.72 bits per heavy atom. The molecule has 0 amide bonds. The van der Waals surface area contributed by atoms with Gasteiger partial charge in [-0.2, -0.15) is 0 Å². The lowest BCUT2D eigenvalue weighted by atomic mass is 10.1. The number of carboxylic acid groups (broad SMARTS) is 1. The van der Waals surface area contributed by atoms with Crippen LogP contribution in [-0.4, -0.2) is 42.2 Å². The lowest BCUT2D eigenvalue weighted by molar-refractivity contribution is 0.0691. The van der Waals surface area contributed by atoms with Gasteiger partial charge in [0.05, 0.1) is 0 Å². The number of carboxylic acids is 1. The van der Waals surface area contributed by atoms with E-state index in [1.807, 2.05) is 4.90 Å². The fourth-order valence-corrected chi connectivity index (χ4v) is 2.01. The molecule has 2 N–H and O–H groups in total. The van der Waals surface area contributed by atoms with E-state index in [2.05, 4.69) is 24.1 Å². The van der Waals surface area contributed by atoms with E-state index in [0.717, 1.165) is 26.2 Å². The highest BCUT2D eigenvalue weighted by Gasteiger charge is 2.25. The summed E-state index contributed by atoms with van der Waals surface area (Å²) >= 11 is 0. The lowest BCUT2D eigenvalue weighted by Gasteiger charge is -2.26. The Morgan fingerprint density at radius 1 is 1.50 bits per heavy atom. The maximum absolute atomic E-state index is 11.2. The van der Waals surface area contributed by atoms with Crippen LogP contribution in [0.3, 0.4) is 0 Å². The Labute approximate surface area is 106 Å². The first-order valence-corrected chi connectivity index (χ1v) is 6.26. The number of nitrogens with one attached hydrogen (secondary N) is 1. The summed E-state index contributed by atoms with van der Waals surface area (Å²) < 4.78 is 5.63. The minimum Gasteiger partial charge on any atom is -0.476 e. The first-order valence-electron chi connectivity index (χ1n) is 6.26. The highest BCUT2D eigenvalue weighted by molar-refractivity contribution is 5.90. The van der Waals surface area contributed by atoms with Crippen LogP contribution in [0.4, 0.5) is 5.88 Å². The van der Waals surface area contributed by atoms with Crippen LogP contribution in [0.25, 0.3) is 0 Å².